The molecule has 0 aromatic carbocycles. The number of carbonyl (C=O) groups is 2. The van der Waals surface area contributed by atoms with E-state index in [4.69, 9.17) is 4.74 Å². The van der Waals surface area contributed by atoms with Gasteiger partial charge >= 0.3 is 5.97 Å². The van der Waals surface area contributed by atoms with E-state index >= 15 is 0 Å². The molecule has 0 aliphatic heterocycles. The van der Waals surface area contributed by atoms with E-state index in [9.17, 15) is 19.8 Å². The van der Waals surface area contributed by atoms with Gasteiger partial charge in [0.1, 0.15) is 0 Å². The first-order chi connectivity index (χ1) is 40.0. The standard InChI is InChI=1S/C75H139NO5/c1-3-5-7-9-11-13-15-17-19-21-23-32-35-39-43-47-51-55-59-63-67-73(78)72(71-77)76-74(79)68-64-60-56-52-48-44-40-36-33-29-27-25-24-26-28-30-34-38-42-46-50-54-58-62-66-70-81-75(80)69-65-61-57-53-49-45-41-37-31-22-20-18-16-14-12-10-8-6-4-2/h12,14,18,20,25-28,63,67,72-73,77-78H,3-11,13,15-17,19,21-24,29-62,64-66,68-71H2,1-2H3,(H,76,79)/b14-12-,20-18-,27-25-,28-26-,67-63+. The van der Waals surface area contributed by atoms with Crippen molar-refractivity contribution < 1.29 is 24.5 Å². The molecule has 0 aromatic heterocycles. The molecule has 3 N–H and O–H groups in total. The zero-order valence-corrected chi connectivity index (χ0v) is 54.3. The van der Waals surface area contributed by atoms with Gasteiger partial charge in [0.15, 0.2) is 0 Å². The average molecular weight is 1130 g/mol. The molecule has 6 heteroatoms. The third kappa shape index (κ3) is 66.6. The smallest absolute Gasteiger partial charge is 0.305 e. The van der Waals surface area contributed by atoms with Crippen LogP contribution in [0, 0.1) is 0 Å². The molecule has 0 rings (SSSR count). The summed E-state index contributed by atoms with van der Waals surface area (Å²) < 4.78 is 5.50. The van der Waals surface area contributed by atoms with Crippen molar-refractivity contribution in [3.63, 3.8) is 0 Å². The highest BCUT2D eigenvalue weighted by atomic mass is 16.5. The lowest BCUT2D eigenvalue weighted by molar-refractivity contribution is -0.143. The van der Waals surface area contributed by atoms with Gasteiger partial charge in [0, 0.05) is 12.8 Å². The largest absolute Gasteiger partial charge is 0.466 e. The maximum atomic E-state index is 12.5. The van der Waals surface area contributed by atoms with Gasteiger partial charge in [-0.05, 0) is 96.3 Å². The number of unbranched alkanes of at least 4 members (excludes halogenated alkanes) is 48. The molecule has 81 heavy (non-hydrogen) atoms. The second-order valence-corrected chi connectivity index (χ2v) is 24.6. The van der Waals surface area contributed by atoms with E-state index in [1.165, 1.54) is 295 Å². The summed E-state index contributed by atoms with van der Waals surface area (Å²) in [6.07, 6.45) is 92.9. The summed E-state index contributed by atoms with van der Waals surface area (Å²) in [6, 6.07) is -0.635. The highest BCUT2D eigenvalue weighted by molar-refractivity contribution is 5.76. The van der Waals surface area contributed by atoms with E-state index in [1.807, 2.05) is 6.08 Å². The molecular formula is C75H139NO5. The van der Waals surface area contributed by atoms with Gasteiger partial charge in [0.2, 0.25) is 5.91 Å². The number of aliphatic hydroxyl groups is 2. The van der Waals surface area contributed by atoms with Crippen molar-refractivity contribution in [2.24, 2.45) is 0 Å². The summed E-state index contributed by atoms with van der Waals surface area (Å²) in [4.78, 5) is 24.6. The van der Waals surface area contributed by atoms with Gasteiger partial charge in [-0.1, -0.05) is 331 Å². The summed E-state index contributed by atoms with van der Waals surface area (Å²) in [5, 5.41) is 23.2. The zero-order valence-electron chi connectivity index (χ0n) is 54.3. The van der Waals surface area contributed by atoms with E-state index in [0.717, 1.165) is 57.8 Å². The number of allylic oxidation sites excluding steroid dienone is 9. The number of carbonyl (C=O) groups excluding carboxylic acids is 2. The van der Waals surface area contributed by atoms with Crippen LogP contribution in [0.1, 0.15) is 380 Å². The van der Waals surface area contributed by atoms with Crippen molar-refractivity contribution in [1.82, 2.24) is 5.32 Å². The second-order valence-electron chi connectivity index (χ2n) is 24.6. The van der Waals surface area contributed by atoms with Crippen molar-refractivity contribution in [3.8, 4) is 0 Å². The minimum Gasteiger partial charge on any atom is -0.466 e. The quantitative estimate of drug-likeness (QED) is 0.0320. The lowest BCUT2D eigenvalue weighted by Crippen LogP contribution is -2.45. The number of aliphatic hydroxyl groups excluding tert-OH is 2. The molecule has 1 amide bonds. The monoisotopic (exact) mass is 1130 g/mol. The van der Waals surface area contributed by atoms with Crippen molar-refractivity contribution in [3.05, 3.63) is 60.8 Å². The van der Waals surface area contributed by atoms with Gasteiger partial charge in [-0.3, -0.25) is 9.59 Å². The summed E-state index contributed by atoms with van der Waals surface area (Å²) in [5.41, 5.74) is 0. The molecule has 0 bridgehead atoms. The van der Waals surface area contributed by atoms with Gasteiger partial charge in [0.25, 0.3) is 0 Å². The number of nitrogens with one attached hydrogen (secondary N) is 1. The van der Waals surface area contributed by atoms with Crippen molar-refractivity contribution in [2.75, 3.05) is 13.2 Å². The van der Waals surface area contributed by atoms with Crippen LogP contribution in [0.5, 0.6) is 0 Å². The lowest BCUT2D eigenvalue weighted by atomic mass is 10.0. The normalized spacial score (nSPS) is 12.9. The number of hydrogen-bond donors (Lipinski definition) is 3. The number of rotatable bonds is 67. The molecule has 0 saturated heterocycles. The third-order valence-electron chi connectivity index (χ3n) is 16.5. The predicted octanol–water partition coefficient (Wildman–Crippen LogP) is 23.4. The molecule has 0 saturated carbocycles. The molecule has 2 atom stereocenters. The Bertz CT molecular complexity index is 1400. The fraction of sp³-hybridized carbons (Fsp3) is 0.840. The first-order valence-corrected chi connectivity index (χ1v) is 36.1. The van der Waals surface area contributed by atoms with E-state index in [-0.39, 0.29) is 18.5 Å². The fourth-order valence-corrected chi connectivity index (χ4v) is 11.0. The molecule has 2 unspecified atom stereocenters. The molecule has 0 fully saturated rings. The van der Waals surface area contributed by atoms with Crippen LogP contribution in [0.25, 0.3) is 0 Å². The zero-order chi connectivity index (χ0) is 58.5. The second kappa shape index (κ2) is 70.0. The van der Waals surface area contributed by atoms with Gasteiger partial charge in [0.05, 0.1) is 25.4 Å². The van der Waals surface area contributed by atoms with Crippen molar-refractivity contribution >= 4 is 11.9 Å². The van der Waals surface area contributed by atoms with Crippen LogP contribution in [-0.2, 0) is 14.3 Å². The minimum absolute atomic E-state index is 0.00482. The Hall–Kier alpha value is -2.44. The molecule has 0 aromatic rings. The van der Waals surface area contributed by atoms with Gasteiger partial charge < -0.3 is 20.3 Å². The average Bonchev–Trinajstić information content (AvgIpc) is 3.47. The molecule has 0 radical (unpaired) electrons. The van der Waals surface area contributed by atoms with Crippen LogP contribution in [0.2, 0.25) is 0 Å². The summed E-state index contributed by atoms with van der Waals surface area (Å²) in [5.74, 6) is -0.0669. The van der Waals surface area contributed by atoms with Crippen LogP contribution in [0.15, 0.2) is 60.8 Å². The van der Waals surface area contributed by atoms with Crippen LogP contribution in [0.3, 0.4) is 0 Å². The SMILES string of the molecule is CCCCC/C=C\C/C=C\CCCCCCCCCCCC(=O)OCCCCCCCCCCC/C=C\C/C=C\CCCCCCCCCCCC(=O)NC(CO)C(O)/C=C/CCCCCCCCCCCCCCCCCCCC. The predicted molar refractivity (Wildman–Crippen MR) is 356 cm³/mol. The highest BCUT2D eigenvalue weighted by Crippen LogP contribution is 2.18. The van der Waals surface area contributed by atoms with E-state index in [2.05, 4.69) is 67.8 Å². The van der Waals surface area contributed by atoms with E-state index in [0.29, 0.717) is 19.4 Å². The molecule has 6 nitrogen and oxygen atoms in total. The third-order valence-corrected chi connectivity index (χ3v) is 16.5. The first kappa shape index (κ1) is 78.6. The molecule has 0 heterocycles. The molecular weight excluding hydrogens is 995 g/mol. The van der Waals surface area contributed by atoms with E-state index in [1.54, 1.807) is 6.08 Å². The molecule has 0 spiro atoms. The van der Waals surface area contributed by atoms with Crippen molar-refractivity contribution in [2.45, 2.75) is 392 Å². The number of hydrogen-bond acceptors (Lipinski definition) is 5. The van der Waals surface area contributed by atoms with Gasteiger partial charge in [-0.25, -0.2) is 0 Å². The fourth-order valence-electron chi connectivity index (χ4n) is 11.0. The molecule has 0 aliphatic carbocycles. The topological polar surface area (TPSA) is 95.9 Å². The van der Waals surface area contributed by atoms with Crippen molar-refractivity contribution in [1.29, 1.82) is 0 Å². The Morgan fingerprint density at radius 2 is 0.617 bits per heavy atom. The first-order valence-electron chi connectivity index (χ1n) is 36.1. The Kier molecular flexibility index (Phi) is 67.9. The van der Waals surface area contributed by atoms with Gasteiger partial charge in [-0.2, -0.15) is 0 Å². The Morgan fingerprint density at radius 1 is 0.346 bits per heavy atom. The van der Waals surface area contributed by atoms with E-state index < -0.39 is 12.1 Å². The maximum Gasteiger partial charge on any atom is 0.305 e. The lowest BCUT2D eigenvalue weighted by Gasteiger charge is -2.20. The highest BCUT2D eigenvalue weighted by Gasteiger charge is 2.18. The Morgan fingerprint density at radius 3 is 0.963 bits per heavy atom. The Balaban J connectivity index is 3.45. The number of ether oxygens (including phenoxy) is 1. The maximum absolute atomic E-state index is 12.5. The van der Waals surface area contributed by atoms with Crippen LogP contribution in [-0.4, -0.2) is 47.4 Å². The van der Waals surface area contributed by atoms with Crippen LogP contribution < -0.4 is 5.32 Å². The summed E-state index contributed by atoms with van der Waals surface area (Å²) >= 11 is 0. The summed E-state index contributed by atoms with van der Waals surface area (Å²) in [6.45, 7) is 4.90. The summed E-state index contributed by atoms with van der Waals surface area (Å²) in [7, 11) is 0. The number of amides is 1. The molecule has 474 valence electrons. The molecule has 0 aliphatic rings. The van der Waals surface area contributed by atoms with Crippen LogP contribution >= 0.6 is 0 Å². The Labute approximate surface area is 505 Å². The van der Waals surface area contributed by atoms with Gasteiger partial charge in [-0.15, -0.1) is 0 Å². The van der Waals surface area contributed by atoms with Crippen LogP contribution in [0.4, 0.5) is 0 Å². The minimum atomic E-state index is -0.851. The number of esters is 1.